The number of aliphatic hydroxyl groups is 1. The zero-order chi connectivity index (χ0) is 23.1. The van der Waals surface area contributed by atoms with E-state index in [1.807, 2.05) is 80.1 Å². The molecule has 1 aromatic heterocycles. The third-order valence-corrected chi connectivity index (χ3v) is 5.55. The highest BCUT2D eigenvalue weighted by atomic mass is 16.5. The average molecular weight is 438 g/mol. The van der Waals surface area contributed by atoms with Crippen molar-refractivity contribution in [2.24, 2.45) is 5.92 Å². The highest BCUT2D eigenvalue weighted by molar-refractivity contribution is 5.44. The monoisotopic (exact) mass is 437 g/mol. The van der Waals surface area contributed by atoms with Gasteiger partial charge in [0, 0.05) is 13.1 Å². The Labute approximate surface area is 191 Å². The Bertz CT molecular complexity index is 968. The summed E-state index contributed by atoms with van der Waals surface area (Å²) in [6, 6.07) is 17.6. The molecule has 1 atom stereocenters. The third kappa shape index (κ3) is 5.90. The Hall–Kier alpha value is -2.83. The number of aliphatic hydroxyl groups excluding tert-OH is 1. The van der Waals surface area contributed by atoms with Crippen molar-refractivity contribution in [2.45, 2.75) is 46.8 Å². The van der Waals surface area contributed by atoms with Crippen molar-refractivity contribution in [2.75, 3.05) is 20.2 Å². The van der Waals surface area contributed by atoms with Gasteiger partial charge in [0.25, 0.3) is 0 Å². The van der Waals surface area contributed by atoms with Gasteiger partial charge in [-0.05, 0) is 62.2 Å². The first-order valence-electron chi connectivity index (χ1n) is 11.3. The molecule has 0 unspecified atom stereocenters. The Morgan fingerprint density at radius 3 is 2.28 bits per heavy atom. The number of ether oxygens (including phenoxy) is 2. The maximum atomic E-state index is 10.5. The summed E-state index contributed by atoms with van der Waals surface area (Å²) in [6.07, 6.45) is 0.628. The van der Waals surface area contributed by atoms with Crippen LogP contribution in [0.15, 0.2) is 54.6 Å². The largest absolute Gasteiger partial charge is 0.497 e. The van der Waals surface area contributed by atoms with E-state index in [4.69, 9.17) is 14.6 Å². The SMILES string of the molecule is CCCN(Cc1c(C)nn(-c2ccccc2)c1Oc1ccc(OC)cc1)C[C@H](O)C(C)C. The lowest BCUT2D eigenvalue weighted by molar-refractivity contribution is 0.0728. The predicted molar refractivity (Wildman–Crippen MR) is 128 cm³/mol. The number of nitrogens with zero attached hydrogens (tertiary/aromatic N) is 3. The summed E-state index contributed by atoms with van der Waals surface area (Å²) < 4.78 is 13.5. The van der Waals surface area contributed by atoms with Crippen LogP contribution in [0.4, 0.5) is 0 Å². The second-order valence-corrected chi connectivity index (χ2v) is 8.44. The molecule has 2 aromatic carbocycles. The summed E-state index contributed by atoms with van der Waals surface area (Å²) in [5, 5.41) is 15.3. The molecule has 32 heavy (non-hydrogen) atoms. The summed E-state index contributed by atoms with van der Waals surface area (Å²) in [5.74, 6) is 2.40. The van der Waals surface area contributed by atoms with Crippen LogP contribution in [0, 0.1) is 12.8 Å². The number of methoxy groups -OCH3 is 1. The van der Waals surface area contributed by atoms with E-state index in [0.29, 0.717) is 24.7 Å². The van der Waals surface area contributed by atoms with E-state index < -0.39 is 0 Å². The molecule has 3 rings (SSSR count). The number of hydrogen-bond donors (Lipinski definition) is 1. The fraction of sp³-hybridized carbons (Fsp3) is 0.423. The summed E-state index contributed by atoms with van der Waals surface area (Å²) in [6.45, 7) is 10.4. The lowest BCUT2D eigenvalue weighted by Crippen LogP contribution is -2.35. The zero-order valence-corrected chi connectivity index (χ0v) is 19.8. The van der Waals surface area contributed by atoms with E-state index in [-0.39, 0.29) is 12.0 Å². The highest BCUT2D eigenvalue weighted by Crippen LogP contribution is 2.32. The molecule has 0 amide bonds. The van der Waals surface area contributed by atoms with E-state index >= 15 is 0 Å². The first-order chi connectivity index (χ1) is 15.4. The van der Waals surface area contributed by atoms with Crippen LogP contribution in [0.1, 0.15) is 38.4 Å². The molecule has 0 fully saturated rings. The second kappa shape index (κ2) is 11.2. The van der Waals surface area contributed by atoms with Crippen LogP contribution in [0.25, 0.3) is 5.69 Å². The minimum Gasteiger partial charge on any atom is -0.497 e. The van der Waals surface area contributed by atoms with Gasteiger partial charge in [-0.2, -0.15) is 5.10 Å². The van der Waals surface area contributed by atoms with E-state index in [1.165, 1.54) is 0 Å². The fourth-order valence-corrected chi connectivity index (χ4v) is 3.57. The highest BCUT2D eigenvalue weighted by Gasteiger charge is 2.23. The number of aromatic nitrogens is 2. The standard InChI is InChI=1S/C26H35N3O3/c1-6-16-28(18-25(30)19(2)3)17-24-20(4)27-29(21-10-8-7-9-11-21)26(24)32-23-14-12-22(31-5)13-15-23/h7-15,19,25,30H,6,16-18H2,1-5H3/t25-/m0/s1. The van der Waals surface area contributed by atoms with Crippen LogP contribution in [-0.2, 0) is 6.54 Å². The Morgan fingerprint density at radius 2 is 1.69 bits per heavy atom. The van der Waals surface area contributed by atoms with Gasteiger partial charge < -0.3 is 14.6 Å². The molecule has 6 heteroatoms. The molecule has 0 saturated carbocycles. The van der Waals surface area contributed by atoms with Gasteiger partial charge in [0.05, 0.1) is 30.2 Å². The normalized spacial score (nSPS) is 12.4. The average Bonchev–Trinajstić information content (AvgIpc) is 3.10. The number of rotatable bonds is 11. The van der Waals surface area contributed by atoms with Crippen LogP contribution in [-0.4, -0.2) is 46.1 Å². The van der Waals surface area contributed by atoms with Crippen molar-refractivity contribution in [3.63, 3.8) is 0 Å². The summed E-state index contributed by atoms with van der Waals surface area (Å²) in [5.41, 5.74) is 2.88. The zero-order valence-electron chi connectivity index (χ0n) is 19.8. The molecule has 0 bridgehead atoms. The van der Waals surface area contributed by atoms with Crippen LogP contribution < -0.4 is 9.47 Å². The van der Waals surface area contributed by atoms with Gasteiger partial charge in [0.2, 0.25) is 5.88 Å². The summed E-state index contributed by atoms with van der Waals surface area (Å²) in [4.78, 5) is 2.28. The molecule has 0 aliphatic carbocycles. The maximum Gasteiger partial charge on any atom is 0.227 e. The minimum atomic E-state index is -0.378. The van der Waals surface area contributed by atoms with Crippen molar-refractivity contribution >= 4 is 0 Å². The van der Waals surface area contributed by atoms with Crippen LogP contribution in [0.5, 0.6) is 17.4 Å². The van der Waals surface area contributed by atoms with Crippen LogP contribution in [0.3, 0.4) is 0 Å². The van der Waals surface area contributed by atoms with Gasteiger partial charge in [0.15, 0.2) is 0 Å². The second-order valence-electron chi connectivity index (χ2n) is 8.44. The Kier molecular flexibility index (Phi) is 8.31. The molecule has 6 nitrogen and oxygen atoms in total. The summed E-state index contributed by atoms with van der Waals surface area (Å²) in [7, 11) is 1.65. The van der Waals surface area contributed by atoms with E-state index in [9.17, 15) is 5.11 Å². The van der Waals surface area contributed by atoms with E-state index in [1.54, 1.807) is 7.11 Å². The van der Waals surface area contributed by atoms with E-state index in [2.05, 4.69) is 11.8 Å². The van der Waals surface area contributed by atoms with Crippen LogP contribution >= 0.6 is 0 Å². The number of hydrogen-bond acceptors (Lipinski definition) is 5. The predicted octanol–water partition coefficient (Wildman–Crippen LogP) is 5.21. The minimum absolute atomic E-state index is 0.206. The lowest BCUT2D eigenvalue weighted by Gasteiger charge is -2.26. The van der Waals surface area contributed by atoms with Gasteiger partial charge in [0.1, 0.15) is 11.5 Å². The molecule has 3 aromatic rings. The Balaban J connectivity index is 1.98. The van der Waals surface area contributed by atoms with Crippen molar-refractivity contribution in [3.8, 4) is 23.1 Å². The molecular formula is C26H35N3O3. The van der Waals surface area contributed by atoms with Gasteiger partial charge >= 0.3 is 0 Å². The van der Waals surface area contributed by atoms with Crippen molar-refractivity contribution in [1.29, 1.82) is 0 Å². The quantitative estimate of drug-likeness (QED) is 0.446. The van der Waals surface area contributed by atoms with Crippen LogP contribution in [0.2, 0.25) is 0 Å². The van der Waals surface area contributed by atoms with E-state index in [0.717, 1.165) is 35.7 Å². The number of benzene rings is 2. The molecule has 1 N–H and O–H groups in total. The molecule has 0 aliphatic heterocycles. The maximum absolute atomic E-state index is 10.5. The topological polar surface area (TPSA) is 59.8 Å². The van der Waals surface area contributed by atoms with Gasteiger partial charge in [-0.1, -0.05) is 39.0 Å². The molecule has 0 aliphatic rings. The molecule has 0 spiro atoms. The van der Waals surface area contributed by atoms with Gasteiger partial charge in [-0.3, -0.25) is 4.90 Å². The van der Waals surface area contributed by atoms with Crippen molar-refractivity contribution in [3.05, 3.63) is 65.9 Å². The number of aryl methyl sites for hydroxylation is 1. The molecule has 0 saturated heterocycles. The number of para-hydroxylation sites is 1. The molecule has 0 radical (unpaired) electrons. The van der Waals surface area contributed by atoms with Crippen molar-refractivity contribution in [1.82, 2.24) is 14.7 Å². The first kappa shape index (κ1) is 23.8. The van der Waals surface area contributed by atoms with Gasteiger partial charge in [-0.15, -0.1) is 0 Å². The Morgan fingerprint density at radius 1 is 1.03 bits per heavy atom. The lowest BCUT2D eigenvalue weighted by atomic mass is 10.1. The summed E-state index contributed by atoms with van der Waals surface area (Å²) >= 11 is 0. The molecule has 172 valence electrons. The third-order valence-electron chi connectivity index (χ3n) is 5.55. The van der Waals surface area contributed by atoms with Crippen molar-refractivity contribution < 1.29 is 14.6 Å². The van der Waals surface area contributed by atoms with Gasteiger partial charge in [-0.25, -0.2) is 4.68 Å². The first-order valence-corrected chi connectivity index (χ1v) is 11.3. The molecular weight excluding hydrogens is 402 g/mol. The smallest absolute Gasteiger partial charge is 0.227 e. The fourth-order valence-electron chi connectivity index (χ4n) is 3.57. The molecule has 1 heterocycles.